The number of amides is 1. The average molecular weight is 360 g/mol. The first-order chi connectivity index (χ1) is 12.6. The maximum atomic E-state index is 12.9. The number of carbonyl (C=O) groups excluding carboxylic acids is 1. The minimum Gasteiger partial charge on any atom is -0.356 e. The Bertz CT molecular complexity index is 600. The van der Waals surface area contributed by atoms with E-state index in [1.54, 1.807) is 6.33 Å². The minimum absolute atomic E-state index is 0.0998. The molecule has 6 heteroatoms. The number of hydrogen-bond donors (Lipinski definition) is 0. The lowest BCUT2D eigenvalue weighted by Gasteiger charge is -2.38. The van der Waals surface area contributed by atoms with Gasteiger partial charge in [0.05, 0.1) is 6.04 Å². The van der Waals surface area contributed by atoms with Crippen LogP contribution in [0.25, 0.3) is 0 Å². The molecule has 26 heavy (non-hydrogen) atoms. The zero-order valence-corrected chi connectivity index (χ0v) is 16.5. The van der Waals surface area contributed by atoms with Crippen LogP contribution in [0.1, 0.15) is 44.7 Å². The molecule has 2 fully saturated rings. The van der Waals surface area contributed by atoms with Crippen LogP contribution in [-0.2, 0) is 4.79 Å². The summed E-state index contributed by atoms with van der Waals surface area (Å²) in [6.07, 6.45) is 7.29. The molecule has 6 nitrogen and oxygen atoms in total. The SMILES string of the molecule is CCN1CCCCC1C(=O)N(C)CC1CCN(c2cc(C)ncn2)CC1. The van der Waals surface area contributed by atoms with Crippen molar-refractivity contribution in [3.8, 4) is 0 Å². The van der Waals surface area contributed by atoms with Crippen LogP contribution in [0.2, 0.25) is 0 Å². The van der Waals surface area contributed by atoms with Crippen molar-refractivity contribution < 1.29 is 4.79 Å². The fraction of sp³-hybridized carbons (Fsp3) is 0.750. The van der Waals surface area contributed by atoms with Gasteiger partial charge in [0.2, 0.25) is 5.91 Å². The van der Waals surface area contributed by atoms with E-state index in [-0.39, 0.29) is 6.04 Å². The summed E-state index contributed by atoms with van der Waals surface area (Å²) in [5.41, 5.74) is 1.01. The number of hydrogen-bond acceptors (Lipinski definition) is 5. The lowest BCUT2D eigenvalue weighted by atomic mass is 9.95. The van der Waals surface area contributed by atoms with E-state index in [1.807, 2.05) is 18.9 Å². The summed E-state index contributed by atoms with van der Waals surface area (Å²) in [5, 5.41) is 0. The summed E-state index contributed by atoms with van der Waals surface area (Å²) < 4.78 is 0. The molecule has 2 saturated heterocycles. The average Bonchev–Trinajstić information content (AvgIpc) is 2.68. The van der Waals surface area contributed by atoms with Crippen molar-refractivity contribution >= 4 is 11.7 Å². The molecule has 0 N–H and O–H groups in total. The van der Waals surface area contributed by atoms with Crippen molar-refractivity contribution in [2.24, 2.45) is 5.92 Å². The van der Waals surface area contributed by atoms with Gasteiger partial charge in [0.15, 0.2) is 0 Å². The lowest BCUT2D eigenvalue weighted by Crippen LogP contribution is -2.51. The van der Waals surface area contributed by atoms with Gasteiger partial charge in [-0.2, -0.15) is 0 Å². The molecule has 0 spiro atoms. The predicted molar refractivity (Wildman–Crippen MR) is 104 cm³/mol. The fourth-order valence-corrected chi connectivity index (χ4v) is 4.34. The quantitative estimate of drug-likeness (QED) is 0.808. The van der Waals surface area contributed by atoms with Crippen LogP contribution in [0.3, 0.4) is 0 Å². The van der Waals surface area contributed by atoms with Gasteiger partial charge in [0, 0.05) is 38.4 Å². The monoisotopic (exact) mass is 359 g/mol. The van der Waals surface area contributed by atoms with Crippen molar-refractivity contribution in [3.05, 3.63) is 18.1 Å². The smallest absolute Gasteiger partial charge is 0.239 e. The van der Waals surface area contributed by atoms with E-state index in [0.29, 0.717) is 11.8 Å². The summed E-state index contributed by atoms with van der Waals surface area (Å²) in [6, 6.07) is 2.15. The van der Waals surface area contributed by atoms with Crippen LogP contribution in [0.4, 0.5) is 5.82 Å². The van der Waals surface area contributed by atoms with Gasteiger partial charge in [-0.25, -0.2) is 9.97 Å². The number of piperidine rings is 2. The summed E-state index contributed by atoms with van der Waals surface area (Å²) in [7, 11) is 1.99. The normalized spacial score (nSPS) is 22.4. The summed E-state index contributed by atoms with van der Waals surface area (Å²) in [6.45, 7) is 9.10. The molecule has 1 amide bonds. The number of likely N-dealkylation sites (tertiary alicyclic amines) is 1. The van der Waals surface area contributed by atoms with Crippen molar-refractivity contribution in [2.45, 2.75) is 52.0 Å². The van der Waals surface area contributed by atoms with Gasteiger partial charge in [-0.3, -0.25) is 9.69 Å². The molecule has 0 aliphatic carbocycles. The maximum absolute atomic E-state index is 12.9. The molecule has 0 aromatic carbocycles. The molecule has 3 heterocycles. The number of aryl methyl sites for hydroxylation is 1. The second kappa shape index (κ2) is 8.80. The molecule has 1 aromatic rings. The van der Waals surface area contributed by atoms with Gasteiger partial charge in [-0.05, 0) is 51.6 Å². The summed E-state index contributed by atoms with van der Waals surface area (Å²) in [5.74, 6) is 1.93. The summed E-state index contributed by atoms with van der Waals surface area (Å²) in [4.78, 5) is 28.2. The van der Waals surface area contributed by atoms with E-state index in [2.05, 4.69) is 32.8 Å². The molecule has 0 radical (unpaired) electrons. The zero-order chi connectivity index (χ0) is 18.5. The van der Waals surface area contributed by atoms with Crippen LogP contribution in [-0.4, -0.2) is 71.5 Å². The Hall–Kier alpha value is -1.69. The Morgan fingerprint density at radius 1 is 1.19 bits per heavy atom. The van der Waals surface area contributed by atoms with Crippen LogP contribution >= 0.6 is 0 Å². The first-order valence-corrected chi connectivity index (χ1v) is 10.1. The van der Waals surface area contributed by atoms with Crippen LogP contribution in [0.15, 0.2) is 12.4 Å². The van der Waals surface area contributed by atoms with Crippen molar-refractivity contribution in [2.75, 3.05) is 44.7 Å². The Morgan fingerprint density at radius 3 is 2.65 bits per heavy atom. The van der Waals surface area contributed by atoms with E-state index >= 15 is 0 Å². The van der Waals surface area contributed by atoms with Crippen LogP contribution in [0, 0.1) is 12.8 Å². The zero-order valence-electron chi connectivity index (χ0n) is 16.5. The van der Waals surface area contributed by atoms with E-state index in [9.17, 15) is 4.79 Å². The molecule has 1 unspecified atom stereocenters. The number of carbonyl (C=O) groups is 1. The highest BCUT2D eigenvalue weighted by atomic mass is 16.2. The third kappa shape index (κ3) is 4.53. The van der Waals surface area contributed by atoms with Gasteiger partial charge in [-0.15, -0.1) is 0 Å². The second-order valence-corrected chi connectivity index (χ2v) is 7.81. The Balaban J connectivity index is 1.50. The molecular formula is C20H33N5O. The number of rotatable bonds is 5. The van der Waals surface area contributed by atoms with Gasteiger partial charge in [-0.1, -0.05) is 13.3 Å². The van der Waals surface area contributed by atoms with E-state index in [4.69, 9.17) is 0 Å². The topological polar surface area (TPSA) is 52.6 Å². The predicted octanol–water partition coefficient (Wildman–Crippen LogP) is 2.33. The molecule has 2 aliphatic rings. The Labute approximate surface area is 157 Å². The molecule has 1 atom stereocenters. The molecule has 1 aromatic heterocycles. The third-order valence-electron chi connectivity index (χ3n) is 5.94. The molecule has 144 valence electrons. The highest BCUT2D eigenvalue weighted by Gasteiger charge is 2.31. The van der Waals surface area contributed by atoms with Crippen molar-refractivity contribution in [3.63, 3.8) is 0 Å². The molecule has 2 aliphatic heterocycles. The standard InChI is InChI=1S/C20H33N5O/c1-4-24-10-6-5-7-18(24)20(26)23(3)14-17-8-11-25(12-9-17)19-13-16(2)21-15-22-19/h13,15,17-18H,4-12,14H2,1-3H3. The van der Waals surface area contributed by atoms with Gasteiger partial charge in [0.1, 0.15) is 12.1 Å². The third-order valence-corrected chi connectivity index (χ3v) is 5.94. The number of likely N-dealkylation sites (N-methyl/N-ethyl adjacent to an activating group) is 2. The first-order valence-electron chi connectivity index (χ1n) is 10.1. The van der Waals surface area contributed by atoms with Crippen LogP contribution in [0.5, 0.6) is 0 Å². The fourth-order valence-electron chi connectivity index (χ4n) is 4.34. The summed E-state index contributed by atoms with van der Waals surface area (Å²) >= 11 is 0. The van der Waals surface area contributed by atoms with E-state index < -0.39 is 0 Å². The van der Waals surface area contributed by atoms with E-state index in [0.717, 1.165) is 63.5 Å². The molecule has 0 saturated carbocycles. The van der Waals surface area contributed by atoms with Crippen molar-refractivity contribution in [1.29, 1.82) is 0 Å². The van der Waals surface area contributed by atoms with Gasteiger partial charge in [0.25, 0.3) is 0 Å². The van der Waals surface area contributed by atoms with Crippen molar-refractivity contribution in [1.82, 2.24) is 19.8 Å². The molecular weight excluding hydrogens is 326 g/mol. The van der Waals surface area contributed by atoms with E-state index in [1.165, 1.54) is 12.8 Å². The largest absolute Gasteiger partial charge is 0.356 e. The molecule has 0 bridgehead atoms. The Kier molecular flexibility index (Phi) is 6.46. The number of nitrogens with zero attached hydrogens (tertiary/aromatic N) is 5. The lowest BCUT2D eigenvalue weighted by molar-refractivity contribution is -0.137. The van der Waals surface area contributed by atoms with Gasteiger partial charge < -0.3 is 9.80 Å². The highest BCUT2D eigenvalue weighted by molar-refractivity contribution is 5.81. The molecule has 3 rings (SSSR count). The second-order valence-electron chi connectivity index (χ2n) is 7.81. The first kappa shape index (κ1) is 19.1. The van der Waals surface area contributed by atoms with Gasteiger partial charge >= 0.3 is 0 Å². The number of aromatic nitrogens is 2. The Morgan fingerprint density at radius 2 is 1.96 bits per heavy atom. The van der Waals surface area contributed by atoms with Crippen LogP contribution < -0.4 is 4.90 Å². The minimum atomic E-state index is 0.0998. The number of anilines is 1. The maximum Gasteiger partial charge on any atom is 0.239 e. The highest BCUT2D eigenvalue weighted by Crippen LogP contribution is 2.24.